The van der Waals surface area contributed by atoms with Gasteiger partial charge in [0.05, 0.1) is 11.5 Å². The zero-order valence-electron chi connectivity index (χ0n) is 15.3. The average molecular weight is 366 g/mol. The molecule has 4 rings (SSSR count). The molecule has 3 aromatic rings. The van der Waals surface area contributed by atoms with Gasteiger partial charge in [-0.25, -0.2) is 4.79 Å². The molecule has 0 fully saturated rings. The Labute approximate surface area is 163 Å². The Balaban J connectivity index is 1.92. The number of aromatic carboxylic acids is 1. The van der Waals surface area contributed by atoms with Crippen molar-refractivity contribution in [1.29, 1.82) is 0 Å². The fourth-order valence-electron chi connectivity index (χ4n) is 4.13. The lowest BCUT2D eigenvalue weighted by Crippen LogP contribution is -2.23. The van der Waals surface area contributed by atoms with Crippen molar-refractivity contribution in [2.24, 2.45) is 0 Å². The van der Waals surface area contributed by atoms with Crippen molar-refractivity contribution in [1.82, 2.24) is 0 Å². The van der Waals surface area contributed by atoms with Gasteiger partial charge in [-0.3, -0.25) is 4.79 Å². The first-order valence-corrected chi connectivity index (χ1v) is 9.05. The molecular formula is C25H18O3. The Morgan fingerprint density at radius 1 is 1.00 bits per heavy atom. The monoisotopic (exact) mass is 366 g/mol. The van der Waals surface area contributed by atoms with Gasteiger partial charge in [-0.2, -0.15) is 0 Å². The maximum atomic E-state index is 13.0. The van der Waals surface area contributed by atoms with Crippen LogP contribution < -0.4 is 0 Å². The summed E-state index contributed by atoms with van der Waals surface area (Å²) in [4.78, 5) is 24.3. The third-order valence-electron chi connectivity index (χ3n) is 5.43. The van der Waals surface area contributed by atoms with Gasteiger partial charge < -0.3 is 5.11 Å². The molecule has 0 aromatic heterocycles. The van der Waals surface area contributed by atoms with Crippen molar-refractivity contribution in [2.45, 2.75) is 18.8 Å². The van der Waals surface area contributed by atoms with Gasteiger partial charge in [0, 0.05) is 17.0 Å². The van der Waals surface area contributed by atoms with Crippen LogP contribution in [0.15, 0.2) is 66.7 Å². The summed E-state index contributed by atoms with van der Waals surface area (Å²) in [5.74, 6) is 1.46. The number of carbonyl (C=O) groups excluding carboxylic acids is 1. The van der Waals surface area contributed by atoms with Crippen LogP contribution in [-0.4, -0.2) is 16.9 Å². The molecule has 136 valence electrons. The van der Waals surface area contributed by atoms with E-state index < -0.39 is 5.97 Å². The Hall–Kier alpha value is -3.64. The molecule has 1 atom stereocenters. The molecule has 0 saturated carbocycles. The molecule has 0 spiro atoms. The summed E-state index contributed by atoms with van der Waals surface area (Å²) in [6, 6.07) is 20.4. The molecule has 0 radical (unpaired) electrons. The van der Waals surface area contributed by atoms with Crippen molar-refractivity contribution in [3.8, 4) is 12.3 Å². The second kappa shape index (κ2) is 6.83. The van der Waals surface area contributed by atoms with Crippen molar-refractivity contribution in [3.63, 3.8) is 0 Å². The molecule has 3 nitrogen and oxygen atoms in total. The van der Waals surface area contributed by atoms with E-state index in [9.17, 15) is 14.7 Å². The van der Waals surface area contributed by atoms with Crippen LogP contribution in [0, 0.1) is 19.3 Å². The number of rotatable bonds is 3. The number of carbonyl (C=O) groups is 2. The topological polar surface area (TPSA) is 54.4 Å². The standard InChI is InChI=1S/C25H18O3/c1-3-17(16-12-13-18(25(27)28)15(2)14-16)23-19-8-4-6-10-21(19)24(26)22-11-7-5-9-20(22)23/h1,4-14,17,23H,2H3,(H,27,28). The predicted octanol–water partition coefficient (Wildman–Crippen LogP) is 4.79. The highest BCUT2D eigenvalue weighted by Gasteiger charge is 2.35. The summed E-state index contributed by atoms with van der Waals surface area (Å²) in [5, 5.41) is 9.31. The molecule has 28 heavy (non-hydrogen) atoms. The summed E-state index contributed by atoms with van der Waals surface area (Å²) >= 11 is 0. The third kappa shape index (κ3) is 2.71. The molecular weight excluding hydrogens is 348 g/mol. The van der Waals surface area contributed by atoms with Crippen LogP contribution in [0.25, 0.3) is 0 Å². The lowest BCUT2D eigenvalue weighted by atomic mass is 9.70. The van der Waals surface area contributed by atoms with E-state index in [0.29, 0.717) is 16.7 Å². The quantitative estimate of drug-likeness (QED) is 0.678. The smallest absolute Gasteiger partial charge is 0.335 e. The van der Waals surface area contributed by atoms with Crippen LogP contribution in [0.1, 0.15) is 60.4 Å². The molecule has 1 aliphatic rings. The highest BCUT2D eigenvalue weighted by molar-refractivity contribution is 6.12. The van der Waals surface area contributed by atoms with Gasteiger partial charge >= 0.3 is 5.97 Å². The van der Waals surface area contributed by atoms with Crippen molar-refractivity contribution in [3.05, 3.63) is 106 Å². The van der Waals surface area contributed by atoms with Crippen molar-refractivity contribution < 1.29 is 14.7 Å². The number of aryl methyl sites for hydroxylation is 1. The first kappa shape index (κ1) is 17.8. The lowest BCUT2D eigenvalue weighted by molar-refractivity contribution is 0.0696. The van der Waals surface area contributed by atoms with E-state index in [1.165, 1.54) is 0 Å². The number of hydrogen-bond donors (Lipinski definition) is 1. The van der Waals surface area contributed by atoms with Gasteiger partial charge in [0.1, 0.15) is 0 Å². The largest absolute Gasteiger partial charge is 0.478 e. The molecule has 3 aromatic carbocycles. The minimum Gasteiger partial charge on any atom is -0.478 e. The molecule has 1 N–H and O–H groups in total. The Bertz CT molecular complexity index is 1100. The molecule has 3 heteroatoms. The number of ketones is 1. The van der Waals surface area contributed by atoms with Gasteiger partial charge in [0.2, 0.25) is 0 Å². The maximum absolute atomic E-state index is 13.0. The first-order valence-electron chi connectivity index (χ1n) is 9.05. The minimum atomic E-state index is -0.958. The highest BCUT2D eigenvalue weighted by Crippen LogP contribution is 2.44. The van der Waals surface area contributed by atoms with E-state index in [2.05, 4.69) is 5.92 Å². The van der Waals surface area contributed by atoms with Gasteiger partial charge in [0.15, 0.2) is 5.78 Å². The third-order valence-corrected chi connectivity index (χ3v) is 5.43. The fourth-order valence-corrected chi connectivity index (χ4v) is 4.13. The minimum absolute atomic E-state index is 0.00984. The summed E-state index contributed by atoms with van der Waals surface area (Å²) in [6.07, 6.45) is 5.98. The molecule has 0 saturated heterocycles. The molecule has 0 bridgehead atoms. The Kier molecular flexibility index (Phi) is 4.33. The normalized spacial score (nSPS) is 13.9. The molecule has 0 heterocycles. The predicted molar refractivity (Wildman–Crippen MR) is 108 cm³/mol. The van der Waals surface area contributed by atoms with Gasteiger partial charge in [-0.15, -0.1) is 6.42 Å². The summed E-state index contributed by atoms with van der Waals surface area (Å²) < 4.78 is 0. The van der Waals surface area contributed by atoms with Gasteiger partial charge in [-0.1, -0.05) is 66.6 Å². The molecule has 1 unspecified atom stereocenters. The van der Waals surface area contributed by atoms with E-state index in [1.54, 1.807) is 19.1 Å². The van der Waals surface area contributed by atoms with Crippen LogP contribution in [0.2, 0.25) is 0 Å². The number of carboxylic acids is 1. The van der Waals surface area contributed by atoms with E-state index >= 15 is 0 Å². The SMILES string of the molecule is C#CC(c1ccc(C(=O)O)c(C)c1)C1c2ccccc2C(=O)c2ccccc21. The zero-order chi connectivity index (χ0) is 19.8. The van der Waals surface area contributed by atoms with E-state index in [-0.39, 0.29) is 23.2 Å². The van der Waals surface area contributed by atoms with Crippen LogP contribution in [0.4, 0.5) is 0 Å². The maximum Gasteiger partial charge on any atom is 0.335 e. The summed E-state index contributed by atoms with van der Waals surface area (Å²) in [6.45, 7) is 1.77. The zero-order valence-corrected chi connectivity index (χ0v) is 15.3. The van der Waals surface area contributed by atoms with Crippen molar-refractivity contribution >= 4 is 11.8 Å². The van der Waals surface area contributed by atoms with E-state index in [0.717, 1.165) is 16.7 Å². The van der Waals surface area contributed by atoms with E-state index in [1.807, 2.05) is 54.6 Å². The Morgan fingerprint density at radius 2 is 1.57 bits per heavy atom. The number of fused-ring (bicyclic) bond motifs is 2. The highest BCUT2D eigenvalue weighted by atomic mass is 16.4. The average Bonchev–Trinajstić information content (AvgIpc) is 2.71. The number of hydrogen-bond acceptors (Lipinski definition) is 2. The summed E-state index contributed by atoms with van der Waals surface area (Å²) in [7, 11) is 0. The van der Waals surface area contributed by atoms with Crippen LogP contribution in [0.5, 0.6) is 0 Å². The Morgan fingerprint density at radius 3 is 2.07 bits per heavy atom. The molecule has 1 aliphatic carbocycles. The van der Waals surface area contributed by atoms with Crippen LogP contribution in [0.3, 0.4) is 0 Å². The van der Waals surface area contributed by atoms with Crippen LogP contribution >= 0.6 is 0 Å². The van der Waals surface area contributed by atoms with Gasteiger partial charge in [-0.05, 0) is 35.2 Å². The van der Waals surface area contributed by atoms with E-state index in [4.69, 9.17) is 6.42 Å². The number of terminal acetylenes is 1. The van der Waals surface area contributed by atoms with Crippen LogP contribution in [-0.2, 0) is 0 Å². The molecule has 0 amide bonds. The molecule has 0 aliphatic heterocycles. The van der Waals surface area contributed by atoms with Crippen molar-refractivity contribution in [2.75, 3.05) is 0 Å². The fraction of sp³-hybridized carbons (Fsp3) is 0.120. The number of benzene rings is 3. The second-order valence-corrected chi connectivity index (χ2v) is 7.01. The first-order chi connectivity index (χ1) is 13.5. The second-order valence-electron chi connectivity index (χ2n) is 7.01. The number of carboxylic acid groups (broad SMARTS) is 1. The van der Waals surface area contributed by atoms with Gasteiger partial charge in [0.25, 0.3) is 0 Å². The summed E-state index contributed by atoms with van der Waals surface area (Å²) in [5.41, 5.74) is 4.96. The lowest BCUT2D eigenvalue weighted by Gasteiger charge is -2.31.